The zero-order valence-electron chi connectivity index (χ0n) is 7.87. The molecule has 0 saturated heterocycles. The minimum Gasteiger partial charge on any atom is -0.313 e. The zero-order valence-corrected chi connectivity index (χ0v) is 7.87. The quantitative estimate of drug-likeness (QED) is 0.610. The number of nitrogens with zero attached hydrogens (tertiary/aromatic N) is 1. The molecule has 2 heteroatoms. The minimum absolute atomic E-state index is 0.451. The fourth-order valence-electron chi connectivity index (χ4n) is 4.15. The maximum absolute atomic E-state index is 9.18. The van der Waals surface area contributed by atoms with Crippen LogP contribution in [0.4, 0.5) is 0 Å². The molecule has 4 aliphatic carbocycles. The van der Waals surface area contributed by atoms with E-state index >= 15 is 0 Å². The maximum Gasteiger partial charge on any atom is 0.109 e. The number of nitriles is 1. The van der Waals surface area contributed by atoms with Crippen LogP contribution in [-0.4, -0.2) is 5.54 Å². The standard InChI is InChI=1S/C11H16N2/c12-6-11(13)9-2-7-1-8(4-9)5-10(11)3-7/h7-10H,1-5,13H2. The van der Waals surface area contributed by atoms with Crippen molar-refractivity contribution in [2.24, 2.45) is 29.4 Å². The lowest BCUT2D eigenvalue weighted by Gasteiger charge is -2.56. The van der Waals surface area contributed by atoms with Gasteiger partial charge in [0.15, 0.2) is 0 Å². The summed E-state index contributed by atoms with van der Waals surface area (Å²) >= 11 is 0. The van der Waals surface area contributed by atoms with Gasteiger partial charge in [-0.25, -0.2) is 0 Å². The predicted octanol–water partition coefficient (Wildman–Crippen LogP) is 1.66. The third-order valence-corrected chi connectivity index (χ3v) is 4.68. The first-order chi connectivity index (χ1) is 6.22. The Morgan fingerprint density at radius 1 is 1.00 bits per heavy atom. The van der Waals surface area contributed by atoms with Gasteiger partial charge < -0.3 is 5.73 Å². The van der Waals surface area contributed by atoms with Gasteiger partial charge in [0.05, 0.1) is 6.07 Å². The molecule has 4 aliphatic rings. The van der Waals surface area contributed by atoms with E-state index in [0.717, 1.165) is 11.8 Å². The van der Waals surface area contributed by atoms with Crippen LogP contribution >= 0.6 is 0 Å². The van der Waals surface area contributed by atoms with Crippen LogP contribution < -0.4 is 5.73 Å². The molecule has 2 nitrogen and oxygen atoms in total. The summed E-state index contributed by atoms with van der Waals surface area (Å²) in [5, 5.41) is 9.18. The molecule has 0 aromatic heterocycles. The first-order valence-electron chi connectivity index (χ1n) is 5.42. The van der Waals surface area contributed by atoms with E-state index < -0.39 is 5.54 Å². The van der Waals surface area contributed by atoms with Gasteiger partial charge in [0.1, 0.15) is 5.54 Å². The highest BCUT2D eigenvalue weighted by atomic mass is 14.8. The minimum atomic E-state index is -0.451. The topological polar surface area (TPSA) is 49.8 Å². The Labute approximate surface area is 79.1 Å². The molecule has 4 fully saturated rings. The third kappa shape index (κ3) is 0.862. The lowest BCUT2D eigenvalue weighted by molar-refractivity contribution is -0.0296. The monoisotopic (exact) mass is 176 g/mol. The van der Waals surface area contributed by atoms with E-state index in [0.29, 0.717) is 11.8 Å². The van der Waals surface area contributed by atoms with Gasteiger partial charge in [-0.3, -0.25) is 0 Å². The van der Waals surface area contributed by atoms with E-state index in [9.17, 15) is 5.26 Å². The van der Waals surface area contributed by atoms with Crippen molar-refractivity contribution in [3.8, 4) is 6.07 Å². The highest BCUT2D eigenvalue weighted by molar-refractivity contribution is 5.19. The smallest absolute Gasteiger partial charge is 0.109 e. The summed E-state index contributed by atoms with van der Waals surface area (Å²) in [7, 11) is 0. The summed E-state index contributed by atoms with van der Waals surface area (Å²) in [5.41, 5.74) is 5.78. The highest BCUT2D eigenvalue weighted by Gasteiger charge is 2.55. The van der Waals surface area contributed by atoms with Crippen molar-refractivity contribution in [1.82, 2.24) is 0 Å². The summed E-state index contributed by atoms with van der Waals surface area (Å²) in [5.74, 6) is 2.86. The Bertz CT molecular complexity index is 248. The lowest BCUT2D eigenvalue weighted by Crippen LogP contribution is -2.62. The summed E-state index contributed by atoms with van der Waals surface area (Å²) in [6.07, 6.45) is 6.36. The van der Waals surface area contributed by atoms with Gasteiger partial charge in [0.2, 0.25) is 0 Å². The van der Waals surface area contributed by atoms with E-state index in [-0.39, 0.29) is 0 Å². The second-order valence-corrected chi connectivity index (χ2v) is 5.35. The Kier molecular flexibility index (Phi) is 1.37. The van der Waals surface area contributed by atoms with E-state index in [1.54, 1.807) is 0 Å². The van der Waals surface area contributed by atoms with Crippen molar-refractivity contribution in [3.05, 3.63) is 0 Å². The second-order valence-electron chi connectivity index (χ2n) is 5.35. The zero-order chi connectivity index (χ0) is 9.05. The van der Waals surface area contributed by atoms with Crippen molar-refractivity contribution >= 4 is 0 Å². The lowest BCUT2D eigenvalue weighted by atomic mass is 9.49. The molecule has 0 heterocycles. The van der Waals surface area contributed by atoms with Gasteiger partial charge in [0, 0.05) is 0 Å². The molecule has 0 amide bonds. The molecule has 2 N–H and O–H groups in total. The normalized spacial score (nSPS) is 57.8. The first kappa shape index (κ1) is 7.82. The van der Waals surface area contributed by atoms with Gasteiger partial charge in [-0.05, 0) is 55.8 Å². The van der Waals surface area contributed by atoms with E-state index in [1.165, 1.54) is 32.1 Å². The fraction of sp³-hybridized carbons (Fsp3) is 0.909. The van der Waals surface area contributed by atoms with Crippen molar-refractivity contribution in [2.45, 2.75) is 37.6 Å². The number of hydrogen-bond donors (Lipinski definition) is 1. The molecule has 4 saturated carbocycles. The molecule has 0 aromatic rings. The van der Waals surface area contributed by atoms with E-state index in [4.69, 9.17) is 5.73 Å². The molecule has 70 valence electrons. The first-order valence-corrected chi connectivity index (χ1v) is 5.42. The molecule has 0 unspecified atom stereocenters. The van der Waals surface area contributed by atoms with Gasteiger partial charge >= 0.3 is 0 Å². The third-order valence-electron chi connectivity index (χ3n) is 4.68. The summed E-state index contributed by atoms with van der Waals surface area (Å²) in [4.78, 5) is 0. The Balaban J connectivity index is 1.99. The maximum atomic E-state index is 9.18. The Hall–Kier alpha value is -0.550. The molecule has 4 bridgehead atoms. The van der Waals surface area contributed by atoms with E-state index in [2.05, 4.69) is 6.07 Å². The molecular formula is C11H16N2. The van der Waals surface area contributed by atoms with Crippen LogP contribution in [0.2, 0.25) is 0 Å². The molecule has 0 atom stereocenters. The van der Waals surface area contributed by atoms with E-state index in [1.807, 2.05) is 0 Å². The van der Waals surface area contributed by atoms with Gasteiger partial charge in [-0.1, -0.05) is 0 Å². The van der Waals surface area contributed by atoms with Crippen LogP contribution in [0.3, 0.4) is 0 Å². The van der Waals surface area contributed by atoms with Crippen LogP contribution in [0.25, 0.3) is 0 Å². The average Bonchev–Trinajstić information content (AvgIpc) is 2.13. The predicted molar refractivity (Wildman–Crippen MR) is 49.6 cm³/mol. The largest absolute Gasteiger partial charge is 0.313 e. The number of hydrogen-bond acceptors (Lipinski definition) is 2. The van der Waals surface area contributed by atoms with Crippen LogP contribution in [0.1, 0.15) is 32.1 Å². The van der Waals surface area contributed by atoms with Gasteiger partial charge in [-0.2, -0.15) is 5.26 Å². The van der Waals surface area contributed by atoms with Crippen LogP contribution in [0.5, 0.6) is 0 Å². The van der Waals surface area contributed by atoms with Crippen LogP contribution in [0.15, 0.2) is 0 Å². The summed E-state index contributed by atoms with van der Waals surface area (Å²) < 4.78 is 0. The molecule has 13 heavy (non-hydrogen) atoms. The Morgan fingerprint density at radius 2 is 1.46 bits per heavy atom. The van der Waals surface area contributed by atoms with Crippen molar-refractivity contribution in [3.63, 3.8) is 0 Å². The Morgan fingerprint density at radius 3 is 1.85 bits per heavy atom. The second kappa shape index (κ2) is 2.27. The van der Waals surface area contributed by atoms with Crippen LogP contribution in [-0.2, 0) is 0 Å². The summed E-state index contributed by atoms with van der Waals surface area (Å²) in [6.45, 7) is 0. The van der Waals surface area contributed by atoms with Crippen molar-refractivity contribution in [2.75, 3.05) is 0 Å². The molecule has 0 aliphatic heterocycles. The van der Waals surface area contributed by atoms with Gasteiger partial charge in [-0.15, -0.1) is 0 Å². The molecular weight excluding hydrogens is 160 g/mol. The average molecular weight is 176 g/mol. The molecule has 4 rings (SSSR count). The molecule has 0 aromatic carbocycles. The number of rotatable bonds is 0. The molecule has 0 radical (unpaired) electrons. The van der Waals surface area contributed by atoms with Crippen molar-refractivity contribution in [1.29, 1.82) is 5.26 Å². The SMILES string of the molecule is N#CC1(N)C2CC3CC(C2)CC1C3. The highest BCUT2D eigenvalue weighted by Crippen LogP contribution is 2.57. The van der Waals surface area contributed by atoms with Gasteiger partial charge in [0.25, 0.3) is 0 Å². The fourth-order valence-corrected chi connectivity index (χ4v) is 4.15. The number of nitrogens with two attached hydrogens (primary N) is 1. The summed E-state index contributed by atoms with van der Waals surface area (Å²) in [6, 6.07) is 2.40. The molecule has 0 spiro atoms. The van der Waals surface area contributed by atoms with Crippen LogP contribution in [0, 0.1) is 35.0 Å². The van der Waals surface area contributed by atoms with Crippen molar-refractivity contribution < 1.29 is 0 Å².